The van der Waals surface area contributed by atoms with Gasteiger partial charge in [0, 0.05) is 31.0 Å². The topological polar surface area (TPSA) is 79.0 Å². The van der Waals surface area contributed by atoms with Gasteiger partial charge in [0.25, 0.3) is 0 Å². The highest BCUT2D eigenvalue weighted by molar-refractivity contribution is 7.88. The van der Waals surface area contributed by atoms with Crippen LogP contribution in [-0.4, -0.2) is 57.7 Å². The van der Waals surface area contributed by atoms with Crippen molar-refractivity contribution in [1.29, 1.82) is 0 Å². The van der Waals surface area contributed by atoms with Crippen LogP contribution in [0.25, 0.3) is 0 Å². The van der Waals surface area contributed by atoms with E-state index in [1.54, 1.807) is 0 Å². The summed E-state index contributed by atoms with van der Waals surface area (Å²) in [6.45, 7) is 3.02. The lowest BCUT2D eigenvalue weighted by atomic mass is 10.2. The second-order valence-electron chi connectivity index (χ2n) is 6.71. The standard InChI is InChI=1S/C20H25N3O4S/c1-28(25,26)23(15-17-5-3-2-4-6-17)16-20(24)21-18-7-9-19(10-8-18)22-11-13-27-14-12-22/h2-10H,11-16H2,1H3,(H,21,24). The van der Waals surface area contributed by atoms with E-state index in [0.29, 0.717) is 18.9 Å². The van der Waals surface area contributed by atoms with Crippen LogP contribution in [-0.2, 0) is 26.1 Å². The highest BCUT2D eigenvalue weighted by Gasteiger charge is 2.20. The lowest BCUT2D eigenvalue weighted by Gasteiger charge is -2.29. The Morgan fingerprint density at radius 3 is 2.32 bits per heavy atom. The number of carbonyl (C=O) groups excluding carboxylic acids is 1. The number of hydrogen-bond donors (Lipinski definition) is 1. The highest BCUT2D eigenvalue weighted by Crippen LogP contribution is 2.19. The maximum Gasteiger partial charge on any atom is 0.239 e. The minimum Gasteiger partial charge on any atom is -0.378 e. The van der Waals surface area contributed by atoms with Gasteiger partial charge in [-0.2, -0.15) is 4.31 Å². The molecule has 8 heteroatoms. The van der Waals surface area contributed by atoms with Gasteiger partial charge < -0.3 is 15.0 Å². The molecule has 1 heterocycles. The molecule has 1 saturated heterocycles. The Labute approximate surface area is 166 Å². The van der Waals surface area contributed by atoms with Gasteiger partial charge in [-0.05, 0) is 29.8 Å². The molecule has 3 rings (SSSR count). The Bertz CT molecular complexity index is 879. The number of nitrogens with zero attached hydrogens (tertiary/aromatic N) is 2. The largest absolute Gasteiger partial charge is 0.378 e. The smallest absolute Gasteiger partial charge is 0.239 e. The lowest BCUT2D eigenvalue weighted by molar-refractivity contribution is -0.116. The summed E-state index contributed by atoms with van der Waals surface area (Å²) < 4.78 is 30.7. The van der Waals surface area contributed by atoms with E-state index in [-0.39, 0.29) is 19.0 Å². The molecule has 0 spiro atoms. The first kappa shape index (κ1) is 20.3. The van der Waals surface area contributed by atoms with Crippen molar-refractivity contribution in [3.8, 4) is 0 Å². The molecule has 0 saturated carbocycles. The summed E-state index contributed by atoms with van der Waals surface area (Å²) in [7, 11) is -3.52. The molecule has 0 aliphatic carbocycles. The van der Waals surface area contributed by atoms with E-state index < -0.39 is 10.0 Å². The van der Waals surface area contributed by atoms with Gasteiger partial charge in [-0.3, -0.25) is 4.79 Å². The van der Waals surface area contributed by atoms with Crippen molar-refractivity contribution in [1.82, 2.24) is 4.31 Å². The molecule has 1 aliphatic rings. The van der Waals surface area contributed by atoms with Crippen LogP contribution in [0.4, 0.5) is 11.4 Å². The summed E-state index contributed by atoms with van der Waals surface area (Å²) in [6.07, 6.45) is 1.11. The number of amides is 1. The van der Waals surface area contributed by atoms with Crippen LogP contribution in [0.5, 0.6) is 0 Å². The summed E-state index contributed by atoms with van der Waals surface area (Å²) in [5, 5.41) is 2.77. The molecule has 2 aromatic rings. The normalized spacial score (nSPS) is 14.9. The fourth-order valence-electron chi connectivity index (χ4n) is 3.02. The van der Waals surface area contributed by atoms with E-state index in [4.69, 9.17) is 4.74 Å². The number of hydrogen-bond acceptors (Lipinski definition) is 5. The highest BCUT2D eigenvalue weighted by atomic mass is 32.2. The first-order chi connectivity index (χ1) is 13.4. The van der Waals surface area contributed by atoms with Gasteiger partial charge in [0.1, 0.15) is 0 Å². The van der Waals surface area contributed by atoms with E-state index in [2.05, 4.69) is 10.2 Å². The lowest BCUT2D eigenvalue weighted by Crippen LogP contribution is -2.37. The predicted molar refractivity (Wildman–Crippen MR) is 110 cm³/mol. The third-order valence-corrected chi connectivity index (χ3v) is 5.71. The van der Waals surface area contributed by atoms with Crippen LogP contribution in [0.1, 0.15) is 5.56 Å². The summed E-state index contributed by atoms with van der Waals surface area (Å²) in [6, 6.07) is 16.7. The quantitative estimate of drug-likeness (QED) is 0.764. The van der Waals surface area contributed by atoms with E-state index in [9.17, 15) is 13.2 Å². The van der Waals surface area contributed by atoms with Crippen LogP contribution >= 0.6 is 0 Å². The third kappa shape index (κ3) is 5.79. The first-order valence-corrected chi connectivity index (χ1v) is 11.0. The van der Waals surface area contributed by atoms with E-state index in [1.807, 2.05) is 54.6 Å². The number of anilines is 2. The number of sulfonamides is 1. The molecule has 1 fully saturated rings. The first-order valence-electron chi connectivity index (χ1n) is 9.13. The van der Waals surface area contributed by atoms with Crippen LogP contribution in [0.3, 0.4) is 0 Å². The predicted octanol–water partition coefficient (Wildman–Crippen LogP) is 1.92. The van der Waals surface area contributed by atoms with Crippen molar-refractivity contribution in [2.75, 3.05) is 49.3 Å². The fourth-order valence-corrected chi connectivity index (χ4v) is 3.75. The van der Waals surface area contributed by atoms with Gasteiger partial charge in [-0.1, -0.05) is 30.3 Å². The molecular formula is C20H25N3O4S. The number of rotatable bonds is 7. The van der Waals surface area contributed by atoms with Crippen molar-refractivity contribution in [2.24, 2.45) is 0 Å². The van der Waals surface area contributed by atoms with Gasteiger partial charge in [0.15, 0.2) is 0 Å². The van der Waals surface area contributed by atoms with Crippen LogP contribution < -0.4 is 10.2 Å². The van der Waals surface area contributed by atoms with Gasteiger partial charge in [0.2, 0.25) is 15.9 Å². The van der Waals surface area contributed by atoms with Gasteiger partial charge in [-0.25, -0.2) is 8.42 Å². The van der Waals surface area contributed by atoms with Crippen molar-refractivity contribution in [2.45, 2.75) is 6.54 Å². The van der Waals surface area contributed by atoms with Crippen molar-refractivity contribution < 1.29 is 17.9 Å². The molecule has 2 aromatic carbocycles. The zero-order valence-corrected chi connectivity index (χ0v) is 16.7. The Balaban J connectivity index is 1.61. The van der Waals surface area contributed by atoms with Crippen LogP contribution in [0, 0.1) is 0 Å². The Morgan fingerprint density at radius 1 is 1.07 bits per heavy atom. The van der Waals surface area contributed by atoms with Crippen molar-refractivity contribution in [3.05, 3.63) is 60.2 Å². The van der Waals surface area contributed by atoms with Crippen LogP contribution in [0.2, 0.25) is 0 Å². The van der Waals surface area contributed by atoms with Crippen LogP contribution in [0.15, 0.2) is 54.6 Å². The zero-order valence-electron chi connectivity index (χ0n) is 15.9. The molecule has 1 aliphatic heterocycles. The van der Waals surface area contributed by atoms with Crippen molar-refractivity contribution >= 4 is 27.3 Å². The van der Waals surface area contributed by atoms with E-state index in [0.717, 1.165) is 30.6 Å². The Morgan fingerprint density at radius 2 is 1.71 bits per heavy atom. The fraction of sp³-hybridized carbons (Fsp3) is 0.350. The Hall–Kier alpha value is -2.42. The van der Waals surface area contributed by atoms with Gasteiger partial charge >= 0.3 is 0 Å². The number of morpholine rings is 1. The van der Waals surface area contributed by atoms with Gasteiger partial charge in [-0.15, -0.1) is 0 Å². The van der Waals surface area contributed by atoms with Crippen molar-refractivity contribution in [3.63, 3.8) is 0 Å². The average Bonchev–Trinajstić information content (AvgIpc) is 2.69. The molecular weight excluding hydrogens is 378 g/mol. The number of benzene rings is 2. The second-order valence-corrected chi connectivity index (χ2v) is 8.69. The third-order valence-electron chi connectivity index (χ3n) is 4.52. The molecule has 1 N–H and O–H groups in total. The molecule has 0 radical (unpaired) electrons. The molecule has 0 unspecified atom stereocenters. The molecule has 28 heavy (non-hydrogen) atoms. The Kier molecular flexibility index (Phi) is 6.66. The summed E-state index contributed by atoms with van der Waals surface area (Å²) >= 11 is 0. The number of ether oxygens (including phenoxy) is 1. The van der Waals surface area contributed by atoms with E-state index >= 15 is 0 Å². The van der Waals surface area contributed by atoms with E-state index in [1.165, 1.54) is 4.31 Å². The molecule has 7 nitrogen and oxygen atoms in total. The maximum absolute atomic E-state index is 12.4. The maximum atomic E-state index is 12.4. The SMILES string of the molecule is CS(=O)(=O)N(CC(=O)Nc1ccc(N2CCOCC2)cc1)Cc1ccccc1. The minimum absolute atomic E-state index is 0.156. The average molecular weight is 404 g/mol. The monoisotopic (exact) mass is 403 g/mol. The number of nitrogens with one attached hydrogen (secondary N) is 1. The molecule has 0 bridgehead atoms. The summed E-state index contributed by atoms with van der Waals surface area (Å²) in [5.74, 6) is -0.375. The molecule has 150 valence electrons. The number of carbonyl (C=O) groups is 1. The van der Waals surface area contributed by atoms with Gasteiger partial charge in [0.05, 0.1) is 26.0 Å². The molecule has 0 atom stereocenters. The zero-order chi connectivity index (χ0) is 20.0. The second kappa shape index (κ2) is 9.18. The molecule has 1 amide bonds. The summed E-state index contributed by atoms with van der Waals surface area (Å²) in [4.78, 5) is 14.6. The molecule has 0 aromatic heterocycles. The summed E-state index contributed by atoms with van der Waals surface area (Å²) in [5.41, 5.74) is 2.54. The minimum atomic E-state index is -3.52.